The van der Waals surface area contributed by atoms with Crippen LogP contribution in [0.15, 0.2) is 36.4 Å². The lowest BCUT2D eigenvalue weighted by atomic mass is 10.0. The minimum Gasteiger partial charge on any atom is -0.387 e. The van der Waals surface area contributed by atoms with Crippen molar-refractivity contribution in [2.45, 2.75) is 29.9 Å². The Kier molecular flexibility index (Phi) is 6.88. The van der Waals surface area contributed by atoms with Crippen molar-refractivity contribution in [1.29, 1.82) is 0 Å². The molecule has 3 N–H and O–H groups in total. The lowest BCUT2D eigenvalue weighted by molar-refractivity contribution is -0.207. The van der Waals surface area contributed by atoms with E-state index in [9.17, 15) is 15.3 Å². The average Bonchev–Trinajstić information content (AvgIpc) is 2.54. The SMILES string of the molecule is COC[C@H]1O[C@H](SCC=Cc2ccccc2)[C@@H](O)[C@@H](O)[C@@H]1O. The van der Waals surface area contributed by atoms with Crippen LogP contribution in [-0.4, -0.2) is 64.6 Å². The van der Waals surface area contributed by atoms with E-state index >= 15 is 0 Å². The number of hydrogen-bond acceptors (Lipinski definition) is 6. The van der Waals surface area contributed by atoms with Crippen molar-refractivity contribution in [2.75, 3.05) is 19.5 Å². The first-order chi connectivity index (χ1) is 10.6. The van der Waals surface area contributed by atoms with Gasteiger partial charge in [0.05, 0.1) is 6.61 Å². The number of aliphatic hydroxyl groups excluding tert-OH is 3. The van der Waals surface area contributed by atoms with Crippen LogP contribution in [0.2, 0.25) is 0 Å². The Labute approximate surface area is 134 Å². The van der Waals surface area contributed by atoms with Crippen LogP contribution in [0.4, 0.5) is 0 Å². The normalized spacial score (nSPS) is 32.5. The van der Waals surface area contributed by atoms with Crippen molar-refractivity contribution in [3.63, 3.8) is 0 Å². The van der Waals surface area contributed by atoms with E-state index < -0.39 is 29.9 Å². The second kappa shape index (κ2) is 8.67. The van der Waals surface area contributed by atoms with Gasteiger partial charge in [0.15, 0.2) is 0 Å². The summed E-state index contributed by atoms with van der Waals surface area (Å²) in [7, 11) is 1.50. The van der Waals surface area contributed by atoms with Gasteiger partial charge in [-0.2, -0.15) is 0 Å². The molecule has 1 aromatic carbocycles. The summed E-state index contributed by atoms with van der Waals surface area (Å²) >= 11 is 1.37. The van der Waals surface area contributed by atoms with Crippen molar-refractivity contribution in [3.05, 3.63) is 42.0 Å². The van der Waals surface area contributed by atoms with E-state index in [1.165, 1.54) is 18.9 Å². The third kappa shape index (κ3) is 4.55. The zero-order valence-corrected chi connectivity index (χ0v) is 13.2. The molecule has 0 aromatic heterocycles. The van der Waals surface area contributed by atoms with E-state index in [1.54, 1.807) is 0 Å². The zero-order valence-electron chi connectivity index (χ0n) is 12.4. The van der Waals surface area contributed by atoms with Crippen LogP contribution in [0.3, 0.4) is 0 Å². The molecular weight excluding hydrogens is 304 g/mol. The van der Waals surface area contributed by atoms with Crippen LogP contribution in [0.5, 0.6) is 0 Å². The van der Waals surface area contributed by atoms with Gasteiger partial charge in [0, 0.05) is 12.9 Å². The fourth-order valence-corrected chi connectivity index (χ4v) is 3.23. The van der Waals surface area contributed by atoms with Gasteiger partial charge >= 0.3 is 0 Å². The molecule has 0 unspecified atom stereocenters. The molecule has 2 rings (SSSR count). The summed E-state index contributed by atoms with van der Waals surface area (Å²) in [6, 6.07) is 9.90. The molecule has 5 nitrogen and oxygen atoms in total. The molecule has 6 heteroatoms. The molecular formula is C16H22O5S. The maximum absolute atomic E-state index is 9.99. The second-order valence-electron chi connectivity index (χ2n) is 5.12. The largest absolute Gasteiger partial charge is 0.387 e. The standard InChI is InChI=1S/C16H22O5S/c1-20-10-12-13(17)14(18)15(19)16(21-12)22-9-5-8-11-6-3-2-4-7-11/h2-8,12-19H,9-10H2,1H3/t12-,13-,14+,15+,16-/m1/s1. The van der Waals surface area contributed by atoms with Gasteiger partial charge in [-0.15, -0.1) is 11.8 Å². The van der Waals surface area contributed by atoms with E-state index in [0.29, 0.717) is 5.75 Å². The van der Waals surface area contributed by atoms with Gasteiger partial charge in [0.25, 0.3) is 0 Å². The van der Waals surface area contributed by atoms with Crippen molar-refractivity contribution < 1.29 is 24.8 Å². The summed E-state index contributed by atoms with van der Waals surface area (Å²) in [5.74, 6) is 0.624. The van der Waals surface area contributed by atoms with Crippen LogP contribution in [0, 0.1) is 0 Å². The minimum atomic E-state index is -1.23. The summed E-state index contributed by atoms with van der Waals surface area (Å²) in [4.78, 5) is 0. The van der Waals surface area contributed by atoms with Crippen molar-refractivity contribution in [1.82, 2.24) is 0 Å². The highest BCUT2D eigenvalue weighted by Crippen LogP contribution is 2.28. The summed E-state index contributed by atoms with van der Waals surface area (Å²) in [5, 5.41) is 29.7. The molecule has 22 heavy (non-hydrogen) atoms. The Morgan fingerprint density at radius 1 is 1.14 bits per heavy atom. The molecule has 1 heterocycles. The number of benzene rings is 1. The Balaban J connectivity index is 1.87. The lowest BCUT2D eigenvalue weighted by Crippen LogP contribution is -2.57. The molecule has 1 aromatic rings. The Hall–Kier alpha value is -0.890. The fraction of sp³-hybridized carbons (Fsp3) is 0.500. The molecule has 1 aliphatic heterocycles. The molecule has 0 amide bonds. The average molecular weight is 326 g/mol. The number of rotatable bonds is 6. The van der Waals surface area contributed by atoms with Crippen LogP contribution >= 0.6 is 11.8 Å². The van der Waals surface area contributed by atoms with E-state index in [2.05, 4.69) is 0 Å². The Morgan fingerprint density at radius 3 is 2.55 bits per heavy atom. The van der Waals surface area contributed by atoms with Crippen LogP contribution in [0.25, 0.3) is 6.08 Å². The smallest absolute Gasteiger partial charge is 0.132 e. The molecule has 1 aliphatic rings. The van der Waals surface area contributed by atoms with E-state index in [-0.39, 0.29) is 6.61 Å². The summed E-state index contributed by atoms with van der Waals surface area (Å²) in [6.07, 6.45) is -0.188. The molecule has 0 bridgehead atoms. The highest BCUT2D eigenvalue weighted by Gasteiger charge is 2.43. The van der Waals surface area contributed by atoms with Gasteiger partial charge in [-0.25, -0.2) is 0 Å². The van der Waals surface area contributed by atoms with Gasteiger partial charge in [-0.1, -0.05) is 42.5 Å². The van der Waals surface area contributed by atoms with Crippen LogP contribution < -0.4 is 0 Å². The first-order valence-corrected chi connectivity index (χ1v) is 8.20. The third-order valence-corrected chi connectivity index (χ3v) is 4.57. The highest BCUT2D eigenvalue weighted by atomic mass is 32.2. The molecule has 0 spiro atoms. The van der Waals surface area contributed by atoms with Gasteiger partial charge in [0.1, 0.15) is 29.9 Å². The number of hydrogen-bond donors (Lipinski definition) is 3. The summed E-state index contributed by atoms with van der Waals surface area (Å²) in [6.45, 7) is 0.169. The van der Waals surface area contributed by atoms with Crippen molar-refractivity contribution >= 4 is 17.8 Å². The zero-order chi connectivity index (χ0) is 15.9. The number of thioether (sulfide) groups is 1. The van der Waals surface area contributed by atoms with Crippen molar-refractivity contribution in [3.8, 4) is 0 Å². The predicted octanol–water partition coefficient (Wildman–Crippen LogP) is 0.887. The lowest BCUT2D eigenvalue weighted by Gasteiger charge is -2.40. The first kappa shape index (κ1) is 17.5. The summed E-state index contributed by atoms with van der Waals surface area (Å²) < 4.78 is 10.6. The second-order valence-corrected chi connectivity index (χ2v) is 6.25. The maximum Gasteiger partial charge on any atom is 0.132 e. The van der Waals surface area contributed by atoms with E-state index in [4.69, 9.17) is 9.47 Å². The quantitative estimate of drug-likeness (QED) is 0.720. The summed E-state index contributed by atoms with van der Waals surface area (Å²) in [5.41, 5.74) is 0.500. The van der Waals surface area contributed by atoms with Gasteiger partial charge in [-0.05, 0) is 5.56 Å². The molecule has 1 fully saturated rings. The van der Waals surface area contributed by atoms with Gasteiger partial charge in [-0.3, -0.25) is 0 Å². The topological polar surface area (TPSA) is 79.2 Å². The van der Waals surface area contributed by atoms with E-state index in [1.807, 2.05) is 42.5 Å². The molecule has 5 atom stereocenters. The molecule has 0 radical (unpaired) electrons. The number of ether oxygens (including phenoxy) is 2. The van der Waals surface area contributed by atoms with Crippen LogP contribution in [0.1, 0.15) is 5.56 Å². The van der Waals surface area contributed by atoms with Crippen molar-refractivity contribution in [2.24, 2.45) is 0 Å². The molecule has 0 aliphatic carbocycles. The van der Waals surface area contributed by atoms with Gasteiger partial charge < -0.3 is 24.8 Å². The van der Waals surface area contributed by atoms with E-state index in [0.717, 1.165) is 5.56 Å². The first-order valence-electron chi connectivity index (χ1n) is 7.15. The van der Waals surface area contributed by atoms with Crippen LogP contribution in [-0.2, 0) is 9.47 Å². The van der Waals surface area contributed by atoms with Gasteiger partial charge in [0.2, 0.25) is 0 Å². The Morgan fingerprint density at radius 2 is 1.86 bits per heavy atom. The Bertz CT molecular complexity index is 467. The minimum absolute atomic E-state index is 0.169. The predicted molar refractivity (Wildman–Crippen MR) is 86.5 cm³/mol. The number of methoxy groups -OCH3 is 1. The molecule has 122 valence electrons. The fourth-order valence-electron chi connectivity index (χ4n) is 2.25. The maximum atomic E-state index is 9.99. The molecule has 0 saturated carbocycles. The monoisotopic (exact) mass is 326 g/mol. The molecule has 1 saturated heterocycles. The third-order valence-electron chi connectivity index (χ3n) is 3.47. The highest BCUT2D eigenvalue weighted by molar-refractivity contribution is 7.99. The number of aliphatic hydroxyl groups is 3.